The lowest BCUT2D eigenvalue weighted by Gasteiger charge is -2.34. The number of aryl methyl sites for hydroxylation is 2. The minimum Gasteiger partial charge on any atom is -0.493 e. The van der Waals surface area contributed by atoms with Gasteiger partial charge >= 0.3 is 0 Å². The molecule has 10 heteroatoms. The van der Waals surface area contributed by atoms with Gasteiger partial charge in [0, 0.05) is 68.7 Å². The van der Waals surface area contributed by atoms with Crippen LogP contribution in [0.1, 0.15) is 33.4 Å². The predicted molar refractivity (Wildman–Crippen MR) is 204 cm³/mol. The molecule has 0 N–H and O–H groups in total. The maximum Gasteiger partial charge on any atom is 0.246 e. The highest BCUT2D eigenvalue weighted by molar-refractivity contribution is 6.30. The van der Waals surface area contributed by atoms with E-state index in [0.717, 1.165) is 59.8 Å². The molecule has 0 saturated carbocycles. The average molecular weight is 726 g/mol. The molecule has 0 aliphatic carbocycles. The minimum atomic E-state index is 0. The number of benzene rings is 3. The number of ether oxygens (including phenoxy) is 3. The van der Waals surface area contributed by atoms with Crippen molar-refractivity contribution in [1.82, 2.24) is 19.8 Å². The Hall–Kier alpha value is -4.89. The van der Waals surface area contributed by atoms with E-state index in [-0.39, 0.29) is 18.3 Å². The molecule has 2 aromatic heterocycles. The van der Waals surface area contributed by atoms with Gasteiger partial charge in [-0.1, -0.05) is 41.9 Å². The lowest BCUT2D eigenvalue weighted by atomic mass is 10.1. The normalized spacial score (nSPS) is 13.1. The first kappa shape index (κ1) is 37.4. The minimum absolute atomic E-state index is 0. The van der Waals surface area contributed by atoms with Crippen molar-refractivity contribution in [2.45, 2.75) is 33.4 Å². The Morgan fingerprint density at radius 3 is 2.24 bits per heavy atom. The van der Waals surface area contributed by atoms with Crippen molar-refractivity contribution in [3.8, 4) is 23.1 Å². The first-order chi connectivity index (χ1) is 24.4. The van der Waals surface area contributed by atoms with Crippen molar-refractivity contribution in [1.29, 1.82) is 0 Å². The van der Waals surface area contributed by atoms with E-state index in [0.29, 0.717) is 43.0 Å². The lowest BCUT2D eigenvalue weighted by molar-refractivity contribution is -0.127. The molecule has 0 spiro atoms. The fourth-order valence-corrected chi connectivity index (χ4v) is 6.00. The molecule has 1 amide bonds. The van der Waals surface area contributed by atoms with Crippen LogP contribution in [0.25, 0.3) is 6.08 Å². The maximum atomic E-state index is 13.1. The van der Waals surface area contributed by atoms with Crippen LogP contribution < -0.4 is 14.2 Å². The van der Waals surface area contributed by atoms with E-state index in [1.165, 1.54) is 11.1 Å². The summed E-state index contributed by atoms with van der Waals surface area (Å²) in [4.78, 5) is 25.8. The number of halogens is 2. The average Bonchev–Trinajstić information content (AvgIpc) is 3.13. The van der Waals surface area contributed by atoms with Crippen LogP contribution in [0.4, 0.5) is 0 Å². The molecule has 1 aliphatic rings. The summed E-state index contributed by atoms with van der Waals surface area (Å²) < 4.78 is 17.8. The molecule has 3 heterocycles. The first-order valence-corrected chi connectivity index (χ1v) is 17.2. The number of carbonyl (C=O) groups excluding carboxylic acids is 1. The van der Waals surface area contributed by atoms with Crippen molar-refractivity contribution in [3.05, 3.63) is 148 Å². The molecule has 0 unspecified atom stereocenters. The Labute approximate surface area is 311 Å². The number of rotatable bonds is 13. The van der Waals surface area contributed by atoms with Gasteiger partial charge < -0.3 is 19.1 Å². The number of aromatic nitrogens is 2. The van der Waals surface area contributed by atoms with Crippen molar-refractivity contribution in [3.63, 3.8) is 0 Å². The maximum absolute atomic E-state index is 13.1. The third-order valence-electron chi connectivity index (χ3n) is 8.54. The van der Waals surface area contributed by atoms with Crippen LogP contribution >= 0.6 is 24.0 Å². The van der Waals surface area contributed by atoms with E-state index < -0.39 is 0 Å². The molecule has 51 heavy (non-hydrogen) atoms. The Balaban J connectivity index is 0.00000504. The van der Waals surface area contributed by atoms with Crippen LogP contribution in [0, 0.1) is 13.8 Å². The van der Waals surface area contributed by atoms with Gasteiger partial charge in [0.25, 0.3) is 0 Å². The van der Waals surface area contributed by atoms with Crippen LogP contribution in [0.15, 0.2) is 110 Å². The molecular formula is C41H42Cl2N4O4. The topological polar surface area (TPSA) is 77.0 Å². The van der Waals surface area contributed by atoms with E-state index in [1.807, 2.05) is 79.4 Å². The molecule has 6 rings (SSSR count). The SMILES string of the molecule is Cc1cc(C=CC(=O)N2CCN(Cc3ccc(CCOc4cccc(Cl)c4)cc3)CC2)cc(C)c1Oc1ccc(OCc2ccncc2)cn1.Cl. The summed E-state index contributed by atoms with van der Waals surface area (Å²) in [6.07, 6.45) is 9.52. The number of pyridine rings is 2. The summed E-state index contributed by atoms with van der Waals surface area (Å²) >= 11 is 6.04. The lowest BCUT2D eigenvalue weighted by Crippen LogP contribution is -2.47. The highest BCUT2D eigenvalue weighted by Gasteiger charge is 2.20. The Bertz CT molecular complexity index is 1870. The van der Waals surface area contributed by atoms with Gasteiger partial charge in [0.2, 0.25) is 11.8 Å². The molecule has 0 bridgehead atoms. The summed E-state index contributed by atoms with van der Waals surface area (Å²) in [6, 6.07) is 27.7. The second kappa shape index (κ2) is 18.4. The number of piperazine rings is 1. The van der Waals surface area contributed by atoms with Gasteiger partial charge in [-0.2, -0.15) is 0 Å². The number of carbonyl (C=O) groups is 1. The summed E-state index contributed by atoms with van der Waals surface area (Å²) in [5.74, 6) is 2.71. The zero-order chi connectivity index (χ0) is 34.7. The zero-order valence-electron chi connectivity index (χ0n) is 28.8. The molecule has 1 saturated heterocycles. The number of hydrogen-bond donors (Lipinski definition) is 0. The number of amides is 1. The van der Waals surface area contributed by atoms with Crippen molar-refractivity contribution >= 4 is 36.0 Å². The van der Waals surface area contributed by atoms with Crippen LogP contribution in [0.5, 0.6) is 23.1 Å². The second-order valence-corrected chi connectivity index (χ2v) is 12.8. The molecule has 264 valence electrons. The second-order valence-electron chi connectivity index (χ2n) is 12.4. The van der Waals surface area contributed by atoms with Crippen LogP contribution in [-0.4, -0.2) is 58.5 Å². The summed E-state index contributed by atoms with van der Waals surface area (Å²) in [7, 11) is 0. The summed E-state index contributed by atoms with van der Waals surface area (Å²) in [6.45, 7) is 8.98. The Morgan fingerprint density at radius 2 is 1.55 bits per heavy atom. The van der Waals surface area contributed by atoms with Gasteiger partial charge in [-0.3, -0.25) is 14.7 Å². The third kappa shape index (κ3) is 11.0. The summed E-state index contributed by atoms with van der Waals surface area (Å²) in [5.41, 5.74) is 6.41. The molecule has 5 aromatic rings. The molecule has 3 aromatic carbocycles. The number of hydrogen-bond acceptors (Lipinski definition) is 7. The van der Waals surface area contributed by atoms with E-state index in [4.69, 9.17) is 25.8 Å². The highest BCUT2D eigenvalue weighted by atomic mass is 35.5. The van der Waals surface area contributed by atoms with Crippen molar-refractivity contribution in [2.75, 3.05) is 32.8 Å². The monoisotopic (exact) mass is 724 g/mol. The first-order valence-electron chi connectivity index (χ1n) is 16.8. The standard InChI is InChI=1S/C41H41ClN4O4.ClH/c1-30-24-35(25-31(2)41(30)50-39-12-11-38(27-44-39)49-29-34-14-17-43-18-15-34)10-13-40(47)46-21-19-45(20-22-46)28-33-8-6-32(7-9-33)16-23-48-37-5-3-4-36(42)26-37;/h3-15,17-18,24-27H,16,19-23,28-29H2,1-2H3;1H. The highest BCUT2D eigenvalue weighted by Crippen LogP contribution is 2.30. The van der Waals surface area contributed by atoms with Crippen molar-refractivity contribution < 1.29 is 19.0 Å². The van der Waals surface area contributed by atoms with Crippen LogP contribution in [0.3, 0.4) is 0 Å². The van der Waals surface area contributed by atoms with E-state index in [1.54, 1.807) is 30.7 Å². The van der Waals surface area contributed by atoms with Crippen LogP contribution in [0.2, 0.25) is 5.02 Å². The smallest absolute Gasteiger partial charge is 0.246 e. The third-order valence-corrected chi connectivity index (χ3v) is 8.78. The largest absolute Gasteiger partial charge is 0.493 e. The van der Waals surface area contributed by atoms with E-state index >= 15 is 0 Å². The molecule has 0 atom stereocenters. The Morgan fingerprint density at radius 1 is 0.824 bits per heavy atom. The quantitative estimate of drug-likeness (QED) is 0.113. The molecule has 8 nitrogen and oxygen atoms in total. The molecule has 1 aliphatic heterocycles. The van der Waals surface area contributed by atoms with Crippen molar-refractivity contribution in [2.24, 2.45) is 0 Å². The summed E-state index contributed by atoms with van der Waals surface area (Å²) in [5, 5.41) is 0.675. The molecular weight excluding hydrogens is 683 g/mol. The van der Waals surface area contributed by atoms with E-state index in [9.17, 15) is 4.79 Å². The Kier molecular flexibility index (Phi) is 13.5. The fraction of sp³-hybridized carbons (Fsp3) is 0.244. The van der Waals surface area contributed by atoms with E-state index in [2.05, 4.69) is 39.1 Å². The number of nitrogens with zero attached hydrogens (tertiary/aromatic N) is 4. The van der Waals surface area contributed by atoms with Gasteiger partial charge in [0.05, 0.1) is 12.8 Å². The van der Waals surface area contributed by atoms with Gasteiger partial charge in [-0.05, 0) is 102 Å². The predicted octanol–water partition coefficient (Wildman–Crippen LogP) is 8.52. The van der Waals surface area contributed by atoms with Crippen LogP contribution in [-0.2, 0) is 24.4 Å². The molecule has 0 radical (unpaired) electrons. The van der Waals surface area contributed by atoms with Gasteiger partial charge in [0.15, 0.2) is 0 Å². The fourth-order valence-electron chi connectivity index (χ4n) is 5.82. The van der Waals surface area contributed by atoms with Gasteiger partial charge in [0.1, 0.15) is 23.9 Å². The van der Waals surface area contributed by atoms with Gasteiger partial charge in [-0.25, -0.2) is 4.98 Å². The van der Waals surface area contributed by atoms with Gasteiger partial charge in [-0.15, -0.1) is 12.4 Å². The molecule has 1 fully saturated rings. The zero-order valence-corrected chi connectivity index (χ0v) is 30.4.